The predicted molar refractivity (Wildman–Crippen MR) is 54.4 cm³/mol. The number of ether oxygens (including phenoxy) is 1. The van der Waals surface area contributed by atoms with Crippen LogP contribution in [-0.2, 0) is 19.2 Å². The Morgan fingerprint density at radius 2 is 2.21 bits per heavy atom. The van der Waals surface area contributed by atoms with Crippen LogP contribution in [0.3, 0.4) is 0 Å². The maximum Gasteiger partial charge on any atom is 0.364 e. The molecule has 0 aliphatic carbocycles. The largest absolute Gasteiger partial charge is 0.457 e. The van der Waals surface area contributed by atoms with Gasteiger partial charge in [0, 0.05) is 0 Å². The minimum absolute atomic E-state index is 0.0155. The Hall–Kier alpha value is -1.17. The van der Waals surface area contributed by atoms with Gasteiger partial charge in [-0.1, -0.05) is 33.7 Å². The lowest BCUT2D eigenvalue weighted by molar-refractivity contribution is -0.135. The summed E-state index contributed by atoms with van der Waals surface area (Å²) in [6.07, 6.45) is 1.39. The molecule has 0 aliphatic rings. The van der Waals surface area contributed by atoms with Crippen molar-refractivity contribution in [2.24, 2.45) is 5.16 Å². The average Bonchev–Trinajstić information content (AvgIpc) is 2.21. The fourth-order valence-corrected chi connectivity index (χ4v) is 0.825. The number of ketones is 1. The van der Waals surface area contributed by atoms with Gasteiger partial charge in [0.05, 0.1) is 5.33 Å². The van der Waals surface area contributed by atoms with E-state index in [-0.39, 0.29) is 17.6 Å². The molecule has 0 aromatic carbocycles. The van der Waals surface area contributed by atoms with Crippen LogP contribution in [0, 0.1) is 0 Å². The van der Waals surface area contributed by atoms with E-state index in [1.54, 1.807) is 0 Å². The summed E-state index contributed by atoms with van der Waals surface area (Å²) >= 11 is 2.91. The number of esters is 1. The fraction of sp³-hybridized carbons (Fsp3) is 0.375. The minimum Gasteiger partial charge on any atom is -0.457 e. The highest BCUT2D eigenvalue weighted by Crippen LogP contribution is 1.93. The van der Waals surface area contributed by atoms with Crippen LogP contribution in [0.5, 0.6) is 0 Å². The summed E-state index contributed by atoms with van der Waals surface area (Å²) in [6.45, 7) is 3.39. The van der Waals surface area contributed by atoms with Crippen LogP contribution in [0.2, 0.25) is 0 Å². The molecule has 0 N–H and O–H groups in total. The second kappa shape index (κ2) is 7.25. The van der Waals surface area contributed by atoms with E-state index in [0.29, 0.717) is 0 Å². The van der Waals surface area contributed by atoms with Gasteiger partial charge in [0.25, 0.3) is 0 Å². The second-order valence-electron chi connectivity index (χ2n) is 2.07. The van der Waals surface area contributed by atoms with Crippen molar-refractivity contribution in [3.05, 3.63) is 12.7 Å². The Morgan fingerprint density at radius 1 is 1.57 bits per heavy atom. The highest BCUT2D eigenvalue weighted by Gasteiger charge is 2.21. The van der Waals surface area contributed by atoms with Gasteiger partial charge in [-0.25, -0.2) is 4.79 Å². The van der Waals surface area contributed by atoms with Crippen molar-refractivity contribution in [1.29, 1.82) is 0 Å². The van der Waals surface area contributed by atoms with E-state index in [1.807, 2.05) is 0 Å². The van der Waals surface area contributed by atoms with Crippen molar-refractivity contribution in [1.82, 2.24) is 0 Å². The Kier molecular flexibility index (Phi) is 6.65. The normalized spacial score (nSPS) is 10.6. The Morgan fingerprint density at radius 3 is 2.64 bits per heavy atom. The highest BCUT2D eigenvalue weighted by atomic mass is 79.9. The summed E-state index contributed by atoms with van der Waals surface area (Å²) in [6, 6.07) is 0. The molecule has 0 radical (unpaired) electrons. The van der Waals surface area contributed by atoms with E-state index in [4.69, 9.17) is 0 Å². The Balaban J connectivity index is 4.50. The van der Waals surface area contributed by atoms with Gasteiger partial charge in [0.2, 0.25) is 11.5 Å². The molecule has 0 saturated heterocycles. The Labute approximate surface area is 89.9 Å². The number of carbonyl (C=O) groups is 2. The van der Waals surface area contributed by atoms with Crippen LogP contribution >= 0.6 is 15.9 Å². The summed E-state index contributed by atoms with van der Waals surface area (Å²) in [5.74, 6) is -1.32. The summed E-state index contributed by atoms with van der Waals surface area (Å²) in [5, 5.41) is 3.26. The van der Waals surface area contributed by atoms with E-state index in [0.717, 1.165) is 0 Å². The van der Waals surface area contributed by atoms with Crippen molar-refractivity contribution in [3.63, 3.8) is 0 Å². The molecule has 0 amide bonds. The van der Waals surface area contributed by atoms with E-state index in [9.17, 15) is 9.59 Å². The topological polar surface area (TPSA) is 65.0 Å². The molecule has 0 aromatic rings. The number of oxime groups is 1. The molecule has 0 rings (SSSR count). The zero-order valence-electron chi connectivity index (χ0n) is 7.66. The number of nitrogens with zero attached hydrogens (tertiary/aromatic N) is 1. The summed E-state index contributed by atoms with van der Waals surface area (Å²) < 4.78 is 4.62. The third-order valence-corrected chi connectivity index (χ3v) is 1.60. The van der Waals surface area contributed by atoms with E-state index in [1.165, 1.54) is 13.2 Å². The molecule has 0 unspecified atom stereocenters. The molecule has 5 nitrogen and oxygen atoms in total. The quantitative estimate of drug-likeness (QED) is 0.177. The van der Waals surface area contributed by atoms with Gasteiger partial charge in [-0.15, -0.1) is 0 Å². The number of Topliss-reactive ketones (excluding diaryl/α,β-unsaturated/α-hetero) is 1. The maximum absolute atomic E-state index is 11.2. The van der Waals surface area contributed by atoms with Crippen molar-refractivity contribution in [3.8, 4) is 0 Å². The number of hydrogen-bond donors (Lipinski definition) is 0. The van der Waals surface area contributed by atoms with Crippen LogP contribution in [0.15, 0.2) is 17.8 Å². The molecule has 6 heteroatoms. The van der Waals surface area contributed by atoms with Crippen LogP contribution in [0.1, 0.15) is 0 Å². The lowest BCUT2D eigenvalue weighted by atomic mass is 10.3. The van der Waals surface area contributed by atoms with Crippen molar-refractivity contribution in [2.75, 3.05) is 19.0 Å². The molecule has 0 heterocycles. The molecule has 0 aliphatic heterocycles. The third kappa shape index (κ3) is 4.18. The molecule has 0 saturated carbocycles. The summed E-state index contributed by atoms with van der Waals surface area (Å²) in [7, 11) is 1.24. The van der Waals surface area contributed by atoms with E-state index >= 15 is 0 Å². The third-order valence-electron chi connectivity index (χ3n) is 1.09. The molecule has 0 spiro atoms. The van der Waals surface area contributed by atoms with E-state index < -0.39 is 11.8 Å². The summed E-state index contributed by atoms with van der Waals surface area (Å²) in [5.41, 5.74) is -0.369. The number of hydrogen-bond acceptors (Lipinski definition) is 5. The number of rotatable bonds is 6. The van der Waals surface area contributed by atoms with Crippen LogP contribution in [-0.4, -0.2) is 36.5 Å². The first-order valence-electron chi connectivity index (χ1n) is 3.65. The molecular formula is C8H10BrNO4. The maximum atomic E-state index is 11.2. The molecule has 0 bridgehead atoms. The standard InChI is InChI=1S/C8H10BrNO4/c1-3-4-14-8(12)7(10-13-2)6(11)5-9/h3H,1,4-5H2,2H3. The van der Waals surface area contributed by atoms with Gasteiger partial charge >= 0.3 is 5.97 Å². The lowest BCUT2D eigenvalue weighted by Gasteiger charge is -2.01. The highest BCUT2D eigenvalue weighted by molar-refractivity contribution is 9.09. The molecule has 0 fully saturated rings. The van der Waals surface area contributed by atoms with Crippen LogP contribution in [0.25, 0.3) is 0 Å². The first-order valence-corrected chi connectivity index (χ1v) is 4.77. The van der Waals surface area contributed by atoms with Gasteiger partial charge in [0.1, 0.15) is 13.7 Å². The molecule has 78 valence electrons. The monoisotopic (exact) mass is 263 g/mol. The van der Waals surface area contributed by atoms with Gasteiger partial charge in [-0.3, -0.25) is 4.79 Å². The van der Waals surface area contributed by atoms with Gasteiger partial charge < -0.3 is 9.57 Å². The smallest absolute Gasteiger partial charge is 0.364 e. The summed E-state index contributed by atoms with van der Waals surface area (Å²) in [4.78, 5) is 26.6. The molecule has 0 atom stereocenters. The SMILES string of the molecule is C=CCOC(=O)C(=NOC)C(=O)CBr. The second-order valence-corrected chi connectivity index (χ2v) is 2.63. The lowest BCUT2D eigenvalue weighted by Crippen LogP contribution is -2.27. The van der Waals surface area contributed by atoms with Gasteiger partial charge in [0.15, 0.2) is 0 Å². The first kappa shape index (κ1) is 12.8. The average molecular weight is 264 g/mol. The number of carbonyl (C=O) groups excluding carboxylic acids is 2. The zero-order valence-corrected chi connectivity index (χ0v) is 9.24. The van der Waals surface area contributed by atoms with Crippen molar-refractivity contribution in [2.45, 2.75) is 0 Å². The van der Waals surface area contributed by atoms with Crippen molar-refractivity contribution >= 4 is 33.4 Å². The zero-order chi connectivity index (χ0) is 11.0. The van der Waals surface area contributed by atoms with Crippen molar-refractivity contribution < 1.29 is 19.2 Å². The number of alkyl halides is 1. The van der Waals surface area contributed by atoms with E-state index in [2.05, 4.69) is 37.2 Å². The predicted octanol–water partition coefficient (Wildman–Crippen LogP) is 0.682. The fourth-order valence-electron chi connectivity index (χ4n) is 0.560. The minimum atomic E-state index is -0.823. The van der Waals surface area contributed by atoms with Gasteiger partial charge in [-0.2, -0.15) is 0 Å². The molecule has 14 heavy (non-hydrogen) atoms. The Bertz CT molecular complexity index is 262. The first-order chi connectivity index (χ1) is 6.67. The number of halogens is 1. The van der Waals surface area contributed by atoms with Gasteiger partial charge in [-0.05, 0) is 0 Å². The molecule has 0 aromatic heterocycles. The van der Waals surface area contributed by atoms with Crippen LogP contribution < -0.4 is 0 Å². The van der Waals surface area contributed by atoms with Crippen LogP contribution in [0.4, 0.5) is 0 Å². The molecular weight excluding hydrogens is 254 g/mol.